The molecular weight excluding hydrogens is 216 g/mol. The van der Waals surface area contributed by atoms with E-state index in [1.807, 2.05) is 0 Å². The first-order chi connectivity index (χ1) is 8.86. The van der Waals surface area contributed by atoms with Crippen LogP contribution >= 0.6 is 0 Å². The zero-order chi connectivity index (χ0) is 12.8. The Hall–Kier alpha value is -0.780. The predicted octanol–water partition coefficient (Wildman–Crippen LogP) is 6.03. The smallest absolute Gasteiger partial charge is 0.0153 e. The second-order valence-corrected chi connectivity index (χ2v) is 5.87. The quantitative estimate of drug-likeness (QED) is 0.514. The molecule has 0 bridgehead atoms. The SMILES string of the molecule is CCCCCCCC1CC(CC)c2ccccc21. The zero-order valence-corrected chi connectivity index (χ0v) is 12.1. The summed E-state index contributed by atoms with van der Waals surface area (Å²) < 4.78 is 0. The molecule has 1 aliphatic rings. The number of hydrogen-bond acceptors (Lipinski definition) is 0. The normalized spacial score (nSPS) is 22.1. The maximum Gasteiger partial charge on any atom is -0.0153 e. The summed E-state index contributed by atoms with van der Waals surface area (Å²) in [5.41, 5.74) is 3.32. The molecule has 0 radical (unpaired) electrons. The van der Waals surface area contributed by atoms with Crippen molar-refractivity contribution in [2.45, 2.75) is 77.0 Å². The van der Waals surface area contributed by atoms with Crippen LogP contribution in [0.2, 0.25) is 0 Å². The maximum atomic E-state index is 2.38. The Morgan fingerprint density at radius 1 is 0.889 bits per heavy atom. The molecule has 0 heterocycles. The highest BCUT2D eigenvalue weighted by atomic mass is 14.3. The van der Waals surface area contributed by atoms with Gasteiger partial charge in [0.1, 0.15) is 0 Å². The Morgan fingerprint density at radius 3 is 2.22 bits per heavy atom. The Morgan fingerprint density at radius 2 is 1.56 bits per heavy atom. The van der Waals surface area contributed by atoms with Crippen molar-refractivity contribution in [3.63, 3.8) is 0 Å². The topological polar surface area (TPSA) is 0 Å². The van der Waals surface area contributed by atoms with Crippen molar-refractivity contribution in [1.82, 2.24) is 0 Å². The molecule has 0 nitrogen and oxygen atoms in total. The lowest BCUT2D eigenvalue weighted by Crippen LogP contribution is -1.94. The molecule has 0 amide bonds. The molecule has 1 aromatic carbocycles. The van der Waals surface area contributed by atoms with Crippen LogP contribution in [0.4, 0.5) is 0 Å². The highest BCUT2D eigenvalue weighted by Gasteiger charge is 2.28. The lowest BCUT2D eigenvalue weighted by molar-refractivity contribution is 0.508. The third kappa shape index (κ3) is 3.16. The van der Waals surface area contributed by atoms with Gasteiger partial charge in [0.15, 0.2) is 0 Å². The van der Waals surface area contributed by atoms with E-state index in [4.69, 9.17) is 0 Å². The van der Waals surface area contributed by atoms with Crippen molar-refractivity contribution in [2.75, 3.05) is 0 Å². The first kappa shape index (κ1) is 13.6. The lowest BCUT2D eigenvalue weighted by atomic mass is 9.94. The van der Waals surface area contributed by atoms with Crippen LogP contribution in [0, 0.1) is 0 Å². The minimum Gasteiger partial charge on any atom is -0.0654 e. The summed E-state index contributed by atoms with van der Waals surface area (Å²) in [4.78, 5) is 0. The molecular formula is C18H28. The molecule has 0 spiro atoms. The summed E-state index contributed by atoms with van der Waals surface area (Å²) in [5.74, 6) is 1.69. The molecule has 0 N–H and O–H groups in total. The standard InChI is InChI=1S/C18H28/c1-3-5-6-7-8-11-16-14-15(4-2)17-12-9-10-13-18(16)17/h9-10,12-13,15-16H,3-8,11,14H2,1-2H3. The summed E-state index contributed by atoms with van der Waals surface area (Å²) in [5, 5.41) is 0. The van der Waals surface area contributed by atoms with Crippen LogP contribution in [0.1, 0.15) is 88.2 Å². The molecule has 100 valence electrons. The molecule has 2 unspecified atom stereocenters. The summed E-state index contributed by atoms with van der Waals surface area (Å²) >= 11 is 0. The van der Waals surface area contributed by atoms with Gasteiger partial charge in [-0.2, -0.15) is 0 Å². The first-order valence-corrected chi connectivity index (χ1v) is 7.95. The highest BCUT2D eigenvalue weighted by Crippen LogP contribution is 2.45. The number of rotatable bonds is 7. The maximum absolute atomic E-state index is 2.38. The van der Waals surface area contributed by atoms with Crippen molar-refractivity contribution in [1.29, 1.82) is 0 Å². The largest absolute Gasteiger partial charge is 0.0654 e. The predicted molar refractivity (Wildman–Crippen MR) is 80.2 cm³/mol. The molecule has 2 atom stereocenters. The molecule has 0 fully saturated rings. The average Bonchev–Trinajstić information content (AvgIpc) is 2.77. The summed E-state index contributed by atoms with van der Waals surface area (Å²) in [7, 11) is 0. The third-order valence-corrected chi connectivity index (χ3v) is 4.59. The molecule has 1 aliphatic carbocycles. The molecule has 0 saturated heterocycles. The van der Waals surface area contributed by atoms with Crippen molar-refractivity contribution in [3.05, 3.63) is 35.4 Å². The lowest BCUT2D eigenvalue weighted by Gasteiger charge is -2.11. The minimum atomic E-state index is 0.835. The van der Waals surface area contributed by atoms with Gasteiger partial charge in [-0.3, -0.25) is 0 Å². The molecule has 0 aliphatic heterocycles. The van der Waals surface area contributed by atoms with E-state index in [1.54, 1.807) is 11.1 Å². The van der Waals surface area contributed by atoms with E-state index in [1.165, 1.54) is 51.4 Å². The van der Waals surface area contributed by atoms with Crippen molar-refractivity contribution in [3.8, 4) is 0 Å². The third-order valence-electron chi connectivity index (χ3n) is 4.59. The van der Waals surface area contributed by atoms with Gasteiger partial charge in [-0.15, -0.1) is 0 Å². The van der Waals surface area contributed by atoms with Gasteiger partial charge < -0.3 is 0 Å². The van der Waals surface area contributed by atoms with Gasteiger partial charge in [-0.05, 0) is 42.2 Å². The fourth-order valence-electron chi connectivity index (χ4n) is 3.51. The van der Waals surface area contributed by atoms with Crippen LogP contribution < -0.4 is 0 Å². The fourth-order valence-corrected chi connectivity index (χ4v) is 3.51. The van der Waals surface area contributed by atoms with Crippen LogP contribution in [0.15, 0.2) is 24.3 Å². The highest BCUT2D eigenvalue weighted by molar-refractivity contribution is 5.38. The summed E-state index contributed by atoms with van der Waals surface area (Å²) in [6.45, 7) is 4.63. The van der Waals surface area contributed by atoms with Crippen LogP contribution in [-0.4, -0.2) is 0 Å². The van der Waals surface area contributed by atoms with E-state index in [-0.39, 0.29) is 0 Å². The van der Waals surface area contributed by atoms with Gasteiger partial charge in [-0.1, -0.05) is 70.2 Å². The molecule has 18 heavy (non-hydrogen) atoms. The van der Waals surface area contributed by atoms with Gasteiger partial charge in [0.05, 0.1) is 0 Å². The van der Waals surface area contributed by atoms with Crippen LogP contribution in [0.3, 0.4) is 0 Å². The minimum absolute atomic E-state index is 0.835. The van der Waals surface area contributed by atoms with E-state index >= 15 is 0 Å². The first-order valence-electron chi connectivity index (χ1n) is 7.95. The van der Waals surface area contributed by atoms with Crippen molar-refractivity contribution < 1.29 is 0 Å². The number of fused-ring (bicyclic) bond motifs is 1. The summed E-state index contributed by atoms with van der Waals surface area (Å²) in [6, 6.07) is 9.17. The van der Waals surface area contributed by atoms with Crippen LogP contribution in [0.25, 0.3) is 0 Å². The summed E-state index contributed by atoms with van der Waals surface area (Å²) in [6.07, 6.45) is 11.2. The van der Waals surface area contributed by atoms with Crippen molar-refractivity contribution >= 4 is 0 Å². The molecule has 0 aromatic heterocycles. The van der Waals surface area contributed by atoms with E-state index in [0.29, 0.717) is 0 Å². The van der Waals surface area contributed by atoms with Crippen molar-refractivity contribution in [2.24, 2.45) is 0 Å². The van der Waals surface area contributed by atoms with E-state index in [9.17, 15) is 0 Å². The average molecular weight is 244 g/mol. The molecule has 0 saturated carbocycles. The second-order valence-electron chi connectivity index (χ2n) is 5.87. The van der Waals surface area contributed by atoms with Gasteiger partial charge >= 0.3 is 0 Å². The van der Waals surface area contributed by atoms with Crippen LogP contribution in [0.5, 0.6) is 0 Å². The Kier molecular flexibility index (Phi) is 5.28. The van der Waals surface area contributed by atoms with Gasteiger partial charge in [0, 0.05) is 0 Å². The van der Waals surface area contributed by atoms with E-state index in [2.05, 4.69) is 38.1 Å². The monoisotopic (exact) mass is 244 g/mol. The number of benzene rings is 1. The molecule has 0 heteroatoms. The Balaban J connectivity index is 1.87. The fraction of sp³-hybridized carbons (Fsp3) is 0.667. The Labute approximate surface area is 113 Å². The van der Waals surface area contributed by atoms with Gasteiger partial charge in [0.25, 0.3) is 0 Å². The second kappa shape index (κ2) is 6.97. The number of hydrogen-bond donors (Lipinski definition) is 0. The van der Waals surface area contributed by atoms with E-state index in [0.717, 1.165) is 11.8 Å². The number of unbranched alkanes of at least 4 members (excludes halogenated alkanes) is 4. The van der Waals surface area contributed by atoms with E-state index < -0.39 is 0 Å². The van der Waals surface area contributed by atoms with Gasteiger partial charge in [0.2, 0.25) is 0 Å². The zero-order valence-electron chi connectivity index (χ0n) is 12.1. The van der Waals surface area contributed by atoms with Gasteiger partial charge in [-0.25, -0.2) is 0 Å². The van der Waals surface area contributed by atoms with Crippen LogP contribution in [-0.2, 0) is 0 Å². The molecule has 2 rings (SSSR count). The Bertz CT molecular complexity index is 353. The molecule has 1 aromatic rings.